The number of alkyl halides is 1. The molecule has 0 spiro atoms. The van der Waals surface area contributed by atoms with Crippen LogP contribution >= 0.6 is 0 Å². The van der Waals surface area contributed by atoms with E-state index in [0.29, 0.717) is 25.9 Å². The Kier molecular flexibility index (Phi) is 3.89. The first-order valence-corrected chi connectivity index (χ1v) is 8.99. The van der Waals surface area contributed by atoms with Crippen LogP contribution in [0.25, 0.3) is 5.65 Å². The van der Waals surface area contributed by atoms with Crippen LogP contribution in [0.3, 0.4) is 0 Å². The SMILES string of the molecule is Cc1cc(N2CCC(F)(CNC(=O)C3CC3)CC2)n2nc(C)cc2n1. The van der Waals surface area contributed by atoms with Crippen LogP contribution in [-0.4, -0.2) is 45.8 Å². The van der Waals surface area contributed by atoms with E-state index in [4.69, 9.17) is 0 Å². The summed E-state index contributed by atoms with van der Waals surface area (Å²) in [5, 5.41) is 7.30. The number of piperidine rings is 1. The minimum absolute atomic E-state index is 0.0120. The Morgan fingerprint density at radius 1 is 1.28 bits per heavy atom. The summed E-state index contributed by atoms with van der Waals surface area (Å²) in [4.78, 5) is 18.4. The Morgan fingerprint density at radius 2 is 2.00 bits per heavy atom. The molecular formula is C18H24FN5O. The smallest absolute Gasteiger partial charge is 0.223 e. The van der Waals surface area contributed by atoms with Crippen LogP contribution in [0, 0.1) is 19.8 Å². The molecule has 4 rings (SSSR count). The fraction of sp³-hybridized carbons (Fsp3) is 0.611. The second-order valence-electron chi connectivity index (χ2n) is 7.44. The van der Waals surface area contributed by atoms with Gasteiger partial charge in [-0.25, -0.2) is 9.37 Å². The number of anilines is 1. The minimum atomic E-state index is -1.32. The lowest BCUT2D eigenvalue weighted by Gasteiger charge is -2.37. The van der Waals surface area contributed by atoms with Crippen LogP contribution in [0.2, 0.25) is 0 Å². The third-order valence-electron chi connectivity index (χ3n) is 5.17. The maximum atomic E-state index is 15.0. The number of carbonyl (C=O) groups is 1. The first-order valence-electron chi connectivity index (χ1n) is 8.99. The van der Waals surface area contributed by atoms with Crippen LogP contribution in [0.1, 0.15) is 37.1 Å². The summed E-state index contributed by atoms with van der Waals surface area (Å²) in [7, 11) is 0. The molecule has 1 N–H and O–H groups in total. The van der Waals surface area contributed by atoms with Gasteiger partial charge in [0.2, 0.25) is 5.91 Å². The van der Waals surface area contributed by atoms with E-state index < -0.39 is 5.67 Å². The van der Waals surface area contributed by atoms with Crippen LogP contribution in [-0.2, 0) is 4.79 Å². The largest absolute Gasteiger partial charge is 0.356 e. The van der Waals surface area contributed by atoms with E-state index in [1.54, 1.807) is 0 Å². The van der Waals surface area contributed by atoms with Crippen molar-refractivity contribution in [3.63, 3.8) is 0 Å². The van der Waals surface area contributed by atoms with E-state index in [1.165, 1.54) is 0 Å². The highest BCUT2D eigenvalue weighted by Gasteiger charge is 2.37. The number of nitrogens with zero attached hydrogens (tertiary/aromatic N) is 4. The van der Waals surface area contributed by atoms with Crippen molar-refractivity contribution in [2.75, 3.05) is 24.5 Å². The van der Waals surface area contributed by atoms with E-state index in [-0.39, 0.29) is 18.4 Å². The van der Waals surface area contributed by atoms with Gasteiger partial charge in [0.15, 0.2) is 5.65 Å². The maximum absolute atomic E-state index is 15.0. The Balaban J connectivity index is 1.45. The maximum Gasteiger partial charge on any atom is 0.223 e. The zero-order chi connectivity index (χ0) is 17.6. The van der Waals surface area contributed by atoms with Gasteiger partial charge in [-0.1, -0.05) is 0 Å². The van der Waals surface area contributed by atoms with Gasteiger partial charge in [0.25, 0.3) is 0 Å². The molecule has 0 bridgehead atoms. The molecule has 134 valence electrons. The van der Waals surface area contributed by atoms with Crippen LogP contribution < -0.4 is 10.2 Å². The van der Waals surface area contributed by atoms with Crippen molar-refractivity contribution < 1.29 is 9.18 Å². The van der Waals surface area contributed by atoms with E-state index in [9.17, 15) is 4.79 Å². The van der Waals surface area contributed by atoms with Crippen molar-refractivity contribution >= 4 is 17.4 Å². The summed E-state index contributed by atoms with van der Waals surface area (Å²) in [6.07, 6.45) is 2.70. The monoisotopic (exact) mass is 345 g/mol. The number of amides is 1. The molecule has 1 amide bonds. The molecule has 2 aromatic rings. The van der Waals surface area contributed by atoms with E-state index in [0.717, 1.165) is 35.7 Å². The molecule has 7 heteroatoms. The fourth-order valence-corrected chi connectivity index (χ4v) is 3.47. The number of hydrogen-bond donors (Lipinski definition) is 1. The summed E-state index contributed by atoms with van der Waals surface area (Å²) in [5.41, 5.74) is 1.35. The standard InChI is InChI=1S/C18H24FN5O/c1-12-10-16(24-15(21-12)9-13(2)22-24)23-7-5-18(19,6-8-23)11-20-17(25)14-3-4-14/h9-10,14H,3-8,11H2,1-2H3,(H,20,25). The number of hydrogen-bond acceptors (Lipinski definition) is 4. The zero-order valence-electron chi connectivity index (χ0n) is 14.8. The van der Waals surface area contributed by atoms with Crippen molar-refractivity contribution in [2.24, 2.45) is 5.92 Å². The van der Waals surface area contributed by atoms with Crippen molar-refractivity contribution in [1.29, 1.82) is 0 Å². The van der Waals surface area contributed by atoms with Crippen molar-refractivity contribution in [3.05, 3.63) is 23.5 Å². The third kappa shape index (κ3) is 3.32. The summed E-state index contributed by atoms with van der Waals surface area (Å²) < 4.78 is 16.9. The molecule has 1 aliphatic carbocycles. The molecular weight excluding hydrogens is 321 g/mol. The highest BCUT2D eigenvalue weighted by molar-refractivity contribution is 5.80. The number of nitrogens with one attached hydrogen (secondary N) is 1. The summed E-state index contributed by atoms with van der Waals surface area (Å²) in [5.74, 6) is 1.09. The van der Waals surface area contributed by atoms with Gasteiger partial charge >= 0.3 is 0 Å². The number of fused-ring (bicyclic) bond motifs is 1. The van der Waals surface area contributed by atoms with Crippen molar-refractivity contribution in [1.82, 2.24) is 19.9 Å². The summed E-state index contributed by atoms with van der Waals surface area (Å²) >= 11 is 0. The molecule has 0 atom stereocenters. The predicted octanol–water partition coefficient (Wildman–Crippen LogP) is 2.18. The zero-order valence-corrected chi connectivity index (χ0v) is 14.8. The van der Waals surface area contributed by atoms with Gasteiger partial charge in [-0.2, -0.15) is 9.61 Å². The number of aromatic nitrogens is 3. The summed E-state index contributed by atoms with van der Waals surface area (Å²) in [6, 6.07) is 3.95. The van der Waals surface area contributed by atoms with E-state index >= 15 is 4.39 Å². The first-order chi connectivity index (χ1) is 11.9. The second kappa shape index (κ2) is 5.97. The second-order valence-corrected chi connectivity index (χ2v) is 7.44. The molecule has 2 aliphatic rings. The minimum Gasteiger partial charge on any atom is -0.356 e. The molecule has 1 saturated carbocycles. The molecule has 0 aromatic carbocycles. The molecule has 3 heterocycles. The van der Waals surface area contributed by atoms with Gasteiger partial charge in [0.05, 0.1) is 12.2 Å². The molecule has 2 fully saturated rings. The lowest BCUT2D eigenvalue weighted by Crippen LogP contribution is -2.49. The highest BCUT2D eigenvalue weighted by Crippen LogP contribution is 2.31. The molecule has 6 nitrogen and oxygen atoms in total. The molecule has 25 heavy (non-hydrogen) atoms. The van der Waals surface area contributed by atoms with Crippen LogP contribution in [0.5, 0.6) is 0 Å². The Morgan fingerprint density at radius 3 is 2.68 bits per heavy atom. The van der Waals surface area contributed by atoms with Gasteiger partial charge in [-0.15, -0.1) is 0 Å². The first kappa shape index (κ1) is 16.3. The van der Waals surface area contributed by atoms with Crippen LogP contribution in [0.4, 0.5) is 10.2 Å². The van der Waals surface area contributed by atoms with Gasteiger partial charge in [-0.3, -0.25) is 4.79 Å². The average Bonchev–Trinajstić information content (AvgIpc) is 3.35. The molecule has 1 saturated heterocycles. The van der Waals surface area contributed by atoms with Crippen molar-refractivity contribution in [2.45, 2.75) is 45.2 Å². The molecule has 1 aliphatic heterocycles. The lowest BCUT2D eigenvalue weighted by molar-refractivity contribution is -0.123. The van der Waals surface area contributed by atoms with Crippen molar-refractivity contribution in [3.8, 4) is 0 Å². The predicted molar refractivity (Wildman–Crippen MR) is 93.5 cm³/mol. The Bertz CT molecular complexity index is 805. The normalized spacial score (nSPS) is 20.0. The number of rotatable bonds is 4. The Labute approximate surface area is 146 Å². The summed E-state index contributed by atoms with van der Waals surface area (Å²) in [6.45, 7) is 5.24. The topological polar surface area (TPSA) is 62.5 Å². The third-order valence-corrected chi connectivity index (χ3v) is 5.17. The number of carbonyl (C=O) groups excluding carboxylic acids is 1. The lowest BCUT2D eigenvalue weighted by atomic mass is 9.93. The quantitative estimate of drug-likeness (QED) is 0.923. The fourth-order valence-electron chi connectivity index (χ4n) is 3.47. The molecule has 0 radical (unpaired) electrons. The van der Waals surface area contributed by atoms with E-state index in [2.05, 4.69) is 20.3 Å². The van der Waals surface area contributed by atoms with Gasteiger partial charge in [0, 0.05) is 49.7 Å². The number of halogens is 1. The molecule has 2 aromatic heterocycles. The highest BCUT2D eigenvalue weighted by atomic mass is 19.1. The average molecular weight is 345 g/mol. The van der Waals surface area contributed by atoms with Gasteiger partial charge in [-0.05, 0) is 26.7 Å². The Hall–Kier alpha value is -2.18. The van der Waals surface area contributed by atoms with Crippen LogP contribution in [0.15, 0.2) is 12.1 Å². The van der Waals surface area contributed by atoms with Gasteiger partial charge in [0.1, 0.15) is 11.5 Å². The number of aryl methyl sites for hydroxylation is 2. The van der Waals surface area contributed by atoms with E-state index in [1.807, 2.05) is 30.5 Å². The molecule has 0 unspecified atom stereocenters. The van der Waals surface area contributed by atoms with Gasteiger partial charge < -0.3 is 10.2 Å².